The first kappa shape index (κ1) is 18.8. The van der Waals surface area contributed by atoms with Crippen LogP contribution >= 0.6 is 22.7 Å². The SMILES string of the molecule is C=CCN(C(=O)c1csc(-c2ccc(OC)cc2)n1)c1nc2c(s1)CCCC2. The number of carbonyl (C=O) groups excluding carboxylic acids is 1. The van der Waals surface area contributed by atoms with E-state index in [4.69, 9.17) is 9.72 Å². The monoisotopic (exact) mass is 411 g/mol. The first-order valence-corrected chi connectivity index (χ1v) is 10.9. The third kappa shape index (κ3) is 3.72. The van der Waals surface area contributed by atoms with Crippen molar-refractivity contribution in [3.63, 3.8) is 0 Å². The van der Waals surface area contributed by atoms with Crippen molar-refractivity contribution in [2.24, 2.45) is 0 Å². The molecule has 0 saturated carbocycles. The summed E-state index contributed by atoms with van der Waals surface area (Å²) in [6.07, 6.45) is 6.15. The highest BCUT2D eigenvalue weighted by atomic mass is 32.1. The maximum Gasteiger partial charge on any atom is 0.279 e. The van der Waals surface area contributed by atoms with Crippen LogP contribution in [0.4, 0.5) is 5.13 Å². The lowest BCUT2D eigenvalue weighted by Crippen LogP contribution is -2.31. The zero-order chi connectivity index (χ0) is 19.5. The fourth-order valence-electron chi connectivity index (χ4n) is 3.21. The van der Waals surface area contributed by atoms with Crippen molar-refractivity contribution < 1.29 is 9.53 Å². The number of aromatic nitrogens is 2. The summed E-state index contributed by atoms with van der Waals surface area (Å²) in [6, 6.07) is 7.68. The van der Waals surface area contributed by atoms with Crippen LogP contribution in [0.2, 0.25) is 0 Å². The molecule has 0 saturated heterocycles. The first-order valence-electron chi connectivity index (χ1n) is 9.21. The van der Waals surface area contributed by atoms with Crippen LogP contribution in [0.5, 0.6) is 5.75 Å². The van der Waals surface area contributed by atoms with E-state index in [-0.39, 0.29) is 5.91 Å². The molecule has 0 radical (unpaired) electrons. The Bertz CT molecular complexity index is 968. The lowest BCUT2D eigenvalue weighted by atomic mass is 10.0. The van der Waals surface area contributed by atoms with Crippen LogP contribution in [0.3, 0.4) is 0 Å². The van der Waals surface area contributed by atoms with Gasteiger partial charge in [-0.1, -0.05) is 6.08 Å². The normalized spacial score (nSPS) is 13.0. The third-order valence-electron chi connectivity index (χ3n) is 4.68. The Labute approximate surface area is 172 Å². The van der Waals surface area contributed by atoms with E-state index in [1.807, 2.05) is 29.6 Å². The molecule has 0 atom stereocenters. The number of hydrogen-bond acceptors (Lipinski definition) is 6. The Morgan fingerprint density at radius 1 is 1.25 bits per heavy atom. The average Bonchev–Trinajstić information content (AvgIpc) is 3.39. The van der Waals surface area contributed by atoms with E-state index in [1.54, 1.807) is 29.4 Å². The summed E-state index contributed by atoms with van der Waals surface area (Å²) in [5.41, 5.74) is 2.54. The van der Waals surface area contributed by atoms with Gasteiger partial charge in [-0.15, -0.1) is 29.3 Å². The standard InChI is InChI=1S/C21H21N3O2S2/c1-3-12-24(21-23-16-6-4-5-7-18(16)28-21)20(25)17-13-27-19(22-17)14-8-10-15(26-2)11-9-14/h3,8-11,13H,1,4-7,12H2,2H3. The molecule has 3 aromatic rings. The topological polar surface area (TPSA) is 55.3 Å². The second-order valence-corrected chi connectivity index (χ2v) is 8.46. The van der Waals surface area contributed by atoms with Crippen molar-refractivity contribution in [3.8, 4) is 16.3 Å². The van der Waals surface area contributed by atoms with E-state index < -0.39 is 0 Å². The van der Waals surface area contributed by atoms with Gasteiger partial charge in [-0.25, -0.2) is 9.97 Å². The van der Waals surface area contributed by atoms with E-state index in [9.17, 15) is 4.79 Å². The zero-order valence-electron chi connectivity index (χ0n) is 15.7. The molecule has 7 heteroatoms. The fourth-order valence-corrected chi connectivity index (χ4v) is 5.16. The average molecular weight is 412 g/mol. The molecule has 0 N–H and O–H groups in total. The van der Waals surface area contributed by atoms with E-state index in [1.165, 1.54) is 29.1 Å². The van der Waals surface area contributed by atoms with Gasteiger partial charge in [0.05, 0.1) is 12.8 Å². The molecule has 1 amide bonds. The molecule has 0 spiro atoms. The molecule has 144 valence electrons. The summed E-state index contributed by atoms with van der Waals surface area (Å²) in [7, 11) is 1.64. The van der Waals surface area contributed by atoms with Crippen molar-refractivity contribution in [2.75, 3.05) is 18.6 Å². The Morgan fingerprint density at radius 2 is 2.04 bits per heavy atom. The Balaban J connectivity index is 1.60. The highest BCUT2D eigenvalue weighted by Gasteiger charge is 2.25. The molecule has 2 heterocycles. The maximum absolute atomic E-state index is 13.2. The predicted octanol–water partition coefficient (Wildman–Crippen LogP) is 4.99. The van der Waals surface area contributed by atoms with Gasteiger partial charge in [0.2, 0.25) is 0 Å². The van der Waals surface area contributed by atoms with Gasteiger partial charge in [-0.3, -0.25) is 9.69 Å². The molecule has 0 aliphatic heterocycles. The minimum absolute atomic E-state index is 0.137. The van der Waals surface area contributed by atoms with Crippen LogP contribution in [0.25, 0.3) is 10.6 Å². The number of methoxy groups -OCH3 is 1. The van der Waals surface area contributed by atoms with Gasteiger partial charge in [-0.2, -0.15) is 0 Å². The number of hydrogen-bond donors (Lipinski definition) is 0. The lowest BCUT2D eigenvalue weighted by Gasteiger charge is -2.16. The molecule has 1 aliphatic rings. The quantitative estimate of drug-likeness (QED) is 0.537. The summed E-state index contributed by atoms with van der Waals surface area (Å²) in [6.45, 7) is 4.22. The van der Waals surface area contributed by atoms with Crippen molar-refractivity contribution in [1.29, 1.82) is 0 Å². The summed E-state index contributed by atoms with van der Waals surface area (Å²) in [5, 5.41) is 3.37. The Morgan fingerprint density at radius 3 is 2.75 bits per heavy atom. The second kappa shape index (κ2) is 8.24. The molecule has 1 aromatic carbocycles. The van der Waals surface area contributed by atoms with Crippen LogP contribution < -0.4 is 9.64 Å². The molecular weight excluding hydrogens is 390 g/mol. The molecule has 4 rings (SSSR count). The maximum atomic E-state index is 13.2. The number of carbonyl (C=O) groups is 1. The molecule has 5 nitrogen and oxygen atoms in total. The fraction of sp³-hybridized carbons (Fsp3) is 0.286. The molecular formula is C21H21N3O2S2. The van der Waals surface area contributed by atoms with Gasteiger partial charge in [0.1, 0.15) is 16.5 Å². The van der Waals surface area contributed by atoms with E-state index in [2.05, 4.69) is 11.6 Å². The lowest BCUT2D eigenvalue weighted by molar-refractivity contribution is 0.0985. The number of amides is 1. The summed E-state index contributed by atoms with van der Waals surface area (Å²) in [5.74, 6) is 0.656. The van der Waals surface area contributed by atoms with Crippen LogP contribution in [0, 0.1) is 0 Å². The second-order valence-electron chi connectivity index (χ2n) is 6.54. The molecule has 1 aliphatic carbocycles. The number of nitrogens with zero attached hydrogens (tertiary/aromatic N) is 3. The Kier molecular flexibility index (Phi) is 5.54. The van der Waals surface area contributed by atoms with Gasteiger partial charge in [-0.05, 0) is 49.9 Å². The van der Waals surface area contributed by atoms with Gasteiger partial charge in [0, 0.05) is 22.4 Å². The van der Waals surface area contributed by atoms with Crippen LogP contribution in [0.15, 0.2) is 42.3 Å². The molecule has 2 aromatic heterocycles. The van der Waals surface area contributed by atoms with E-state index >= 15 is 0 Å². The van der Waals surface area contributed by atoms with Gasteiger partial charge in [0.15, 0.2) is 5.13 Å². The molecule has 28 heavy (non-hydrogen) atoms. The van der Waals surface area contributed by atoms with E-state index in [0.29, 0.717) is 12.2 Å². The number of benzene rings is 1. The number of fused-ring (bicyclic) bond motifs is 1. The number of anilines is 1. The van der Waals surface area contributed by atoms with Crippen molar-refractivity contribution in [2.45, 2.75) is 25.7 Å². The number of rotatable bonds is 6. The van der Waals surface area contributed by atoms with Crippen molar-refractivity contribution >= 4 is 33.7 Å². The van der Waals surface area contributed by atoms with Crippen molar-refractivity contribution in [1.82, 2.24) is 9.97 Å². The van der Waals surface area contributed by atoms with Crippen molar-refractivity contribution in [3.05, 3.63) is 58.6 Å². The van der Waals surface area contributed by atoms with Gasteiger partial charge < -0.3 is 4.74 Å². The van der Waals surface area contributed by atoms with Gasteiger partial charge >= 0.3 is 0 Å². The van der Waals surface area contributed by atoms with E-state index in [0.717, 1.165) is 40.0 Å². The highest BCUT2D eigenvalue weighted by molar-refractivity contribution is 7.16. The van der Waals surface area contributed by atoms with Gasteiger partial charge in [0.25, 0.3) is 5.91 Å². The van der Waals surface area contributed by atoms with Crippen LogP contribution in [0.1, 0.15) is 33.9 Å². The predicted molar refractivity (Wildman–Crippen MR) is 115 cm³/mol. The summed E-state index contributed by atoms with van der Waals surface area (Å²) >= 11 is 3.08. The number of aryl methyl sites for hydroxylation is 2. The smallest absolute Gasteiger partial charge is 0.279 e. The third-order valence-corrected chi connectivity index (χ3v) is 6.75. The first-order chi connectivity index (χ1) is 13.7. The van der Waals surface area contributed by atoms with Crippen LogP contribution in [-0.4, -0.2) is 29.5 Å². The minimum atomic E-state index is -0.137. The number of thiazole rings is 2. The number of ether oxygens (including phenoxy) is 1. The highest BCUT2D eigenvalue weighted by Crippen LogP contribution is 2.33. The summed E-state index contributed by atoms with van der Waals surface area (Å²) < 4.78 is 5.20. The molecule has 0 unspecified atom stereocenters. The van der Waals surface area contributed by atoms with Crippen LogP contribution in [-0.2, 0) is 12.8 Å². The molecule has 0 bridgehead atoms. The minimum Gasteiger partial charge on any atom is -0.497 e. The summed E-state index contributed by atoms with van der Waals surface area (Å²) in [4.78, 5) is 25.5. The largest absolute Gasteiger partial charge is 0.497 e. The zero-order valence-corrected chi connectivity index (χ0v) is 17.3. The Hall–Kier alpha value is -2.51. The molecule has 0 fully saturated rings.